The quantitative estimate of drug-likeness (QED) is 0.922. The van der Waals surface area contributed by atoms with Crippen molar-refractivity contribution in [1.82, 2.24) is 9.88 Å². The number of ether oxygens (including phenoxy) is 1. The molecular weight excluding hydrogens is 335 g/mol. The summed E-state index contributed by atoms with van der Waals surface area (Å²) in [6, 6.07) is 8.05. The van der Waals surface area contributed by atoms with Crippen molar-refractivity contribution in [2.75, 3.05) is 31.6 Å². The van der Waals surface area contributed by atoms with E-state index in [1.807, 2.05) is 0 Å². The molecule has 0 saturated carbocycles. The van der Waals surface area contributed by atoms with Crippen molar-refractivity contribution in [3.05, 3.63) is 53.9 Å². The van der Waals surface area contributed by atoms with Crippen LogP contribution in [0.5, 0.6) is 0 Å². The Morgan fingerprint density at radius 1 is 1.12 bits per heavy atom. The topological polar surface area (TPSA) is 54.5 Å². The average molecular weight is 351 g/mol. The van der Waals surface area contributed by atoms with Gasteiger partial charge in [-0.2, -0.15) is 13.2 Å². The van der Waals surface area contributed by atoms with Crippen molar-refractivity contribution in [1.29, 1.82) is 0 Å². The molecule has 0 atom stereocenters. The van der Waals surface area contributed by atoms with Crippen LogP contribution in [0.25, 0.3) is 0 Å². The molecule has 1 aromatic heterocycles. The van der Waals surface area contributed by atoms with Crippen LogP contribution < -0.4 is 5.32 Å². The van der Waals surface area contributed by atoms with Crippen molar-refractivity contribution >= 4 is 17.3 Å². The number of hydrogen-bond donors (Lipinski definition) is 1. The number of morpholine rings is 1. The number of halogens is 3. The SMILES string of the molecule is O=C(c1ccc(Nc2cccc(C(F)(F)F)c2)cn1)N1CCOCC1. The Balaban J connectivity index is 1.69. The molecule has 1 aliphatic heterocycles. The minimum atomic E-state index is -4.40. The number of benzene rings is 1. The van der Waals surface area contributed by atoms with E-state index < -0.39 is 11.7 Å². The zero-order valence-electron chi connectivity index (χ0n) is 13.2. The van der Waals surface area contributed by atoms with Gasteiger partial charge in [0.1, 0.15) is 5.69 Å². The zero-order valence-corrected chi connectivity index (χ0v) is 13.2. The molecule has 1 N–H and O–H groups in total. The summed E-state index contributed by atoms with van der Waals surface area (Å²) in [5, 5.41) is 2.85. The lowest BCUT2D eigenvalue weighted by Crippen LogP contribution is -2.41. The van der Waals surface area contributed by atoms with E-state index in [0.717, 1.165) is 12.1 Å². The van der Waals surface area contributed by atoms with Crippen LogP contribution in [0.1, 0.15) is 16.1 Å². The van der Waals surface area contributed by atoms with Crippen LogP contribution in [0.3, 0.4) is 0 Å². The maximum absolute atomic E-state index is 12.7. The van der Waals surface area contributed by atoms with Crippen LogP contribution in [0, 0.1) is 0 Å². The summed E-state index contributed by atoms with van der Waals surface area (Å²) in [7, 11) is 0. The molecule has 0 spiro atoms. The highest BCUT2D eigenvalue weighted by molar-refractivity contribution is 5.92. The highest BCUT2D eigenvalue weighted by atomic mass is 19.4. The van der Waals surface area contributed by atoms with E-state index in [-0.39, 0.29) is 11.6 Å². The number of nitrogens with zero attached hydrogens (tertiary/aromatic N) is 2. The largest absolute Gasteiger partial charge is 0.416 e. The maximum atomic E-state index is 12.7. The van der Waals surface area contributed by atoms with Crippen LogP contribution >= 0.6 is 0 Å². The lowest BCUT2D eigenvalue weighted by atomic mass is 10.2. The number of carbonyl (C=O) groups is 1. The molecule has 0 bridgehead atoms. The molecule has 2 heterocycles. The summed E-state index contributed by atoms with van der Waals surface area (Å²) in [6.45, 7) is 2.04. The Bertz CT molecular complexity index is 742. The van der Waals surface area contributed by atoms with Crippen molar-refractivity contribution in [3.8, 4) is 0 Å². The van der Waals surface area contributed by atoms with Gasteiger partial charge in [0, 0.05) is 18.8 Å². The molecule has 0 aliphatic carbocycles. The number of anilines is 2. The number of amides is 1. The summed E-state index contributed by atoms with van der Waals surface area (Å²) >= 11 is 0. The van der Waals surface area contributed by atoms with E-state index in [0.29, 0.717) is 37.7 Å². The minimum absolute atomic E-state index is 0.186. The van der Waals surface area contributed by atoms with Gasteiger partial charge in [0.2, 0.25) is 0 Å². The first-order valence-electron chi connectivity index (χ1n) is 7.71. The normalized spacial score (nSPS) is 15.1. The predicted molar refractivity (Wildman–Crippen MR) is 85.7 cm³/mol. The standard InChI is InChI=1S/C17H16F3N3O2/c18-17(19,20)12-2-1-3-13(10-12)22-14-4-5-15(21-11-14)16(24)23-6-8-25-9-7-23/h1-5,10-11,22H,6-9H2. The summed E-state index contributed by atoms with van der Waals surface area (Å²) in [5.41, 5.74) is 0.350. The fourth-order valence-electron chi connectivity index (χ4n) is 2.46. The van der Waals surface area contributed by atoms with Gasteiger partial charge in [-0.1, -0.05) is 6.07 Å². The zero-order chi connectivity index (χ0) is 17.9. The predicted octanol–water partition coefficient (Wildman–Crippen LogP) is 3.32. The monoisotopic (exact) mass is 351 g/mol. The molecule has 0 unspecified atom stereocenters. The number of carbonyl (C=O) groups excluding carboxylic acids is 1. The van der Waals surface area contributed by atoms with Crippen LogP contribution in [0.4, 0.5) is 24.5 Å². The molecule has 25 heavy (non-hydrogen) atoms. The molecule has 2 aromatic rings. The van der Waals surface area contributed by atoms with Crippen LogP contribution in [0.15, 0.2) is 42.6 Å². The van der Waals surface area contributed by atoms with Crippen molar-refractivity contribution in [2.45, 2.75) is 6.18 Å². The van der Waals surface area contributed by atoms with E-state index in [1.165, 1.54) is 18.3 Å². The first-order chi connectivity index (χ1) is 11.9. The first-order valence-corrected chi connectivity index (χ1v) is 7.71. The Morgan fingerprint density at radius 3 is 2.52 bits per heavy atom. The minimum Gasteiger partial charge on any atom is -0.378 e. The Hall–Kier alpha value is -2.61. The van der Waals surface area contributed by atoms with Crippen LogP contribution in [-0.2, 0) is 10.9 Å². The molecule has 132 valence electrons. The van der Waals surface area contributed by atoms with Crippen LogP contribution in [0.2, 0.25) is 0 Å². The summed E-state index contributed by atoms with van der Waals surface area (Å²) in [6.07, 6.45) is -2.97. The molecule has 1 fully saturated rings. The highest BCUT2D eigenvalue weighted by Gasteiger charge is 2.30. The van der Waals surface area contributed by atoms with Gasteiger partial charge in [0.25, 0.3) is 5.91 Å². The van der Waals surface area contributed by atoms with Gasteiger partial charge >= 0.3 is 6.18 Å². The number of rotatable bonds is 3. The first kappa shape index (κ1) is 17.2. The molecule has 1 saturated heterocycles. The third kappa shape index (κ3) is 4.27. The molecular formula is C17H16F3N3O2. The summed E-state index contributed by atoms with van der Waals surface area (Å²) < 4.78 is 43.4. The van der Waals surface area contributed by atoms with E-state index >= 15 is 0 Å². The van der Waals surface area contributed by atoms with Gasteiger partial charge in [-0.25, -0.2) is 4.98 Å². The third-order valence-corrected chi connectivity index (χ3v) is 3.76. The highest BCUT2D eigenvalue weighted by Crippen LogP contribution is 2.31. The smallest absolute Gasteiger partial charge is 0.378 e. The van der Waals surface area contributed by atoms with Gasteiger partial charge < -0.3 is 15.0 Å². The Kier molecular flexibility index (Phi) is 4.89. The molecule has 1 amide bonds. The number of pyridine rings is 1. The lowest BCUT2D eigenvalue weighted by Gasteiger charge is -2.26. The molecule has 1 aliphatic rings. The van der Waals surface area contributed by atoms with Gasteiger partial charge in [-0.3, -0.25) is 4.79 Å². The molecule has 5 nitrogen and oxygen atoms in total. The van der Waals surface area contributed by atoms with E-state index in [2.05, 4.69) is 10.3 Å². The van der Waals surface area contributed by atoms with Crippen molar-refractivity contribution in [3.63, 3.8) is 0 Å². The fraction of sp³-hybridized carbons (Fsp3) is 0.294. The number of alkyl halides is 3. The van der Waals surface area contributed by atoms with E-state index in [4.69, 9.17) is 4.74 Å². The fourth-order valence-corrected chi connectivity index (χ4v) is 2.46. The number of nitrogens with one attached hydrogen (secondary N) is 1. The van der Waals surface area contributed by atoms with Crippen molar-refractivity contribution in [2.24, 2.45) is 0 Å². The van der Waals surface area contributed by atoms with Gasteiger partial charge in [-0.05, 0) is 30.3 Å². The van der Waals surface area contributed by atoms with Crippen LogP contribution in [-0.4, -0.2) is 42.1 Å². The summed E-state index contributed by atoms with van der Waals surface area (Å²) in [5.74, 6) is -0.186. The number of aromatic nitrogens is 1. The Morgan fingerprint density at radius 2 is 1.88 bits per heavy atom. The third-order valence-electron chi connectivity index (χ3n) is 3.76. The molecule has 3 rings (SSSR count). The van der Waals surface area contributed by atoms with Gasteiger partial charge in [0.05, 0.1) is 30.7 Å². The second kappa shape index (κ2) is 7.10. The van der Waals surface area contributed by atoms with Gasteiger partial charge in [0.15, 0.2) is 0 Å². The average Bonchev–Trinajstić information content (AvgIpc) is 2.62. The molecule has 8 heteroatoms. The molecule has 1 aromatic carbocycles. The van der Waals surface area contributed by atoms with Crippen molar-refractivity contribution < 1.29 is 22.7 Å². The van der Waals surface area contributed by atoms with Gasteiger partial charge in [-0.15, -0.1) is 0 Å². The summed E-state index contributed by atoms with van der Waals surface area (Å²) in [4.78, 5) is 18.0. The Labute approximate surface area is 142 Å². The second-order valence-corrected chi connectivity index (χ2v) is 5.54. The second-order valence-electron chi connectivity index (χ2n) is 5.54. The van der Waals surface area contributed by atoms with E-state index in [1.54, 1.807) is 17.0 Å². The lowest BCUT2D eigenvalue weighted by molar-refractivity contribution is -0.137. The molecule has 0 radical (unpaired) electrons. The number of hydrogen-bond acceptors (Lipinski definition) is 4. The van der Waals surface area contributed by atoms with E-state index in [9.17, 15) is 18.0 Å². The maximum Gasteiger partial charge on any atom is 0.416 e.